The number of hydrogen-bond acceptors (Lipinski definition) is 3. The first-order valence-electron chi connectivity index (χ1n) is 9.06. The fourth-order valence-electron chi connectivity index (χ4n) is 3.08. The van der Waals surface area contributed by atoms with Gasteiger partial charge in [-0.1, -0.05) is 24.3 Å². The van der Waals surface area contributed by atoms with Crippen LogP contribution in [-0.2, 0) is 13.1 Å². The van der Waals surface area contributed by atoms with Gasteiger partial charge in [-0.3, -0.25) is 4.99 Å². The lowest BCUT2D eigenvalue weighted by Crippen LogP contribution is -2.37. The number of aromatic nitrogens is 2. The van der Waals surface area contributed by atoms with Crippen LogP contribution in [0.3, 0.4) is 0 Å². The van der Waals surface area contributed by atoms with Crippen molar-refractivity contribution in [3.05, 3.63) is 65.5 Å². The summed E-state index contributed by atoms with van der Waals surface area (Å²) >= 11 is 0. The van der Waals surface area contributed by atoms with Gasteiger partial charge in [0.15, 0.2) is 5.96 Å². The summed E-state index contributed by atoms with van der Waals surface area (Å²) in [5.41, 5.74) is 3.94. The first kappa shape index (κ1) is 18.5. The largest absolute Gasteiger partial charge is 0.356 e. The van der Waals surface area contributed by atoms with Crippen LogP contribution in [0.1, 0.15) is 23.4 Å². The average Bonchev–Trinajstić information content (AvgIpc) is 3.02. The average molecular weight is 360 g/mol. The van der Waals surface area contributed by atoms with E-state index in [0.29, 0.717) is 12.1 Å². The Bertz CT molecular complexity index is 980. The van der Waals surface area contributed by atoms with Gasteiger partial charge in [0.1, 0.15) is 5.82 Å². The van der Waals surface area contributed by atoms with E-state index in [1.807, 2.05) is 43.3 Å². The molecule has 0 aliphatic heterocycles. The zero-order valence-corrected chi connectivity index (χ0v) is 15.7. The van der Waals surface area contributed by atoms with Crippen molar-refractivity contribution in [2.24, 2.45) is 4.99 Å². The van der Waals surface area contributed by atoms with Crippen LogP contribution in [0.4, 0.5) is 0 Å². The second-order valence-corrected chi connectivity index (χ2v) is 6.32. The normalized spacial score (nSPS) is 11.4. The van der Waals surface area contributed by atoms with Gasteiger partial charge in [0.2, 0.25) is 0 Å². The number of para-hydroxylation sites is 2. The Labute approximate surface area is 159 Å². The fraction of sp³-hybridized carbons (Fsp3) is 0.286. The summed E-state index contributed by atoms with van der Waals surface area (Å²) in [5.74, 6) is 1.79. The predicted octanol–water partition coefficient (Wildman–Crippen LogP) is 2.97. The van der Waals surface area contributed by atoms with Gasteiger partial charge in [-0.05, 0) is 43.2 Å². The number of nitrogens with zero attached hydrogens (tertiary/aromatic N) is 4. The first-order chi connectivity index (χ1) is 13.2. The Hall–Kier alpha value is -3.33. The smallest absolute Gasteiger partial charge is 0.191 e. The molecule has 0 amide bonds. The summed E-state index contributed by atoms with van der Waals surface area (Å²) in [6, 6.07) is 18.0. The van der Waals surface area contributed by atoms with Crippen LogP contribution in [0.5, 0.6) is 0 Å². The number of aryl methyl sites for hydroxylation is 2. The molecule has 0 atom stereocenters. The summed E-state index contributed by atoms with van der Waals surface area (Å²) in [6.45, 7) is 4.38. The Kier molecular flexibility index (Phi) is 6.06. The number of imidazole rings is 1. The SMILES string of the molecule is CN=C(NCCCn1c(C)nc2ccccc21)NCc1cccc(C#N)c1. The predicted molar refractivity (Wildman–Crippen MR) is 108 cm³/mol. The van der Waals surface area contributed by atoms with Gasteiger partial charge in [-0.2, -0.15) is 5.26 Å². The van der Waals surface area contributed by atoms with Gasteiger partial charge in [0.25, 0.3) is 0 Å². The fourth-order valence-corrected chi connectivity index (χ4v) is 3.08. The Morgan fingerprint density at radius 1 is 1.19 bits per heavy atom. The third-order valence-corrected chi connectivity index (χ3v) is 4.44. The summed E-state index contributed by atoms with van der Waals surface area (Å²) in [5, 5.41) is 15.6. The molecule has 1 heterocycles. The van der Waals surface area contributed by atoms with Crippen LogP contribution in [0.25, 0.3) is 11.0 Å². The van der Waals surface area contributed by atoms with E-state index >= 15 is 0 Å². The second kappa shape index (κ2) is 8.86. The minimum absolute atomic E-state index is 0.625. The van der Waals surface area contributed by atoms with Gasteiger partial charge < -0.3 is 15.2 Å². The highest BCUT2D eigenvalue weighted by atomic mass is 15.2. The third-order valence-electron chi connectivity index (χ3n) is 4.44. The molecular weight excluding hydrogens is 336 g/mol. The first-order valence-corrected chi connectivity index (χ1v) is 9.06. The minimum atomic E-state index is 0.625. The highest BCUT2D eigenvalue weighted by molar-refractivity contribution is 5.79. The molecule has 0 fully saturated rings. The molecule has 2 N–H and O–H groups in total. The van der Waals surface area contributed by atoms with E-state index in [1.165, 1.54) is 5.52 Å². The number of fused-ring (bicyclic) bond motifs is 1. The van der Waals surface area contributed by atoms with Crippen molar-refractivity contribution < 1.29 is 0 Å². The van der Waals surface area contributed by atoms with Crippen LogP contribution in [0.2, 0.25) is 0 Å². The van der Waals surface area contributed by atoms with Crippen LogP contribution in [-0.4, -0.2) is 29.1 Å². The molecule has 0 spiro atoms. The van der Waals surface area contributed by atoms with Crippen molar-refractivity contribution >= 4 is 17.0 Å². The maximum absolute atomic E-state index is 8.98. The number of rotatable bonds is 6. The number of hydrogen-bond donors (Lipinski definition) is 2. The van der Waals surface area contributed by atoms with Crippen molar-refractivity contribution in [3.63, 3.8) is 0 Å². The molecule has 138 valence electrons. The summed E-state index contributed by atoms with van der Waals surface area (Å²) < 4.78 is 2.25. The molecule has 1 aromatic heterocycles. The summed E-state index contributed by atoms with van der Waals surface area (Å²) in [4.78, 5) is 8.86. The van der Waals surface area contributed by atoms with Gasteiger partial charge in [-0.25, -0.2) is 4.98 Å². The molecule has 0 bridgehead atoms. The van der Waals surface area contributed by atoms with E-state index in [9.17, 15) is 0 Å². The lowest BCUT2D eigenvalue weighted by atomic mass is 10.1. The van der Waals surface area contributed by atoms with E-state index in [1.54, 1.807) is 13.1 Å². The Morgan fingerprint density at radius 2 is 2.04 bits per heavy atom. The molecule has 2 aromatic carbocycles. The Morgan fingerprint density at radius 3 is 2.85 bits per heavy atom. The topological polar surface area (TPSA) is 78.0 Å². The highest BCUT2D eigenvalue weighted by Crippen LogP contribution is 2.15. The van der Waals surface area contributed by atoms with Crippen LogP contribution in [0.15, 0.2) is 53.5 Å². The lowest BCUT2D eigenvalue weighted by molar-refractivity contribution is 0.624. The van der Waals surface area contributed by atoms with Gasteiger partial charge in [0, 0.05) is 26.7 Å². The molecule has 3 rings (SSSR count). The monoisotopic (exact) mass is 360 g/mol. The lowest BCUT2D eigenvalue weighted by Gasteiger charge is -2.13. The summed E-state index contributed by atoms with van der Waals surface area (Å²) in [6.07, 6.45) is 0.964. The number of nitrogens with one attached hydrogen (secondary N) is 2. The van der Waals surface area contributed by atoms with Crippen LogP contribution < -0.4 is 10.6 Å². The van der Waals surface area contributed by atoms with E-state index in [-0.39, 0.29) is 0 Å². The van der Waals surface area contributed by atoms with Crippen molar-refractivity contribution in [1.29, 1.82) is 5.26 Å². The van der Waals surface area contributed by atoms with E-state index in [4.69, 9.17) is 5.26 Å². The van der Waals surface area contributed by atoms with Crippen LogP contribution >= 0.6 is 0 Å². The molecule has 0 aliphatic carbocycles. The van der Waals surface area contributed by atoms with Crippen molar-refractivity contribution in [3.8, 4) is 6.07 Å². The van der Waals surface area contributed by atoms with Gasteiger partial charge in [-0.15, -0.1) is 0 Å². The molecule has 6 nitrogen and oxygen atoms in total. The maximum Gasteiger partial charge on any atom is 0.191 e. The van der Waals surface area contributed by atoms with E-state index in [2.05, 4.69) is 37.3 Å². The van der Waals surface area contributed by atoms with Crippen LogP contribution in [0, 0.1) is 18.3 Å². The summed E-state index contributed by atoms with van der Waals surface area (Å²) in [7, 11) is 1.76. The standard InChI is InChI=1S/C21H24N6/c1-16-26-19-9-3-4-10-20(19)27(16)12-6-11-24-21(23-2)25-15-18-8-5-7-17(13-18)14-22/h3-5,7-10,13H,6,11-12,15H2,1-2H3,(H2,23,24,25). The van der Waals surface area contributed by atoms with E-state index in [0.717, 1.165) is 42.4 Å². The number of guanidine groups is 1. The molecule has 0 radical (unpaired) electrons. The minimum Gasteiger partial charge on any atom is -0.356 e. The van der Waals surface area contributed by atoms with Crippen molar-refractivity contribution in [2.45, 2.75) is 26.4 Å². The number of nitriles is 1. The number of benzene rings is 2. The van der Waals surface area contributed by atoms with Crippen molar-refractivity contribution in [2.75, 3.05) is 13.6 Å². The zero-order valence-electron chi connectivity index (χ0n) is 15.7. The van der Waals surface area contributed by atoms with Crippen molar-refractivity contribution in [1.82, 2.24) is 20.2 Å². The Balaban J connectivity index is 1.48. The number of aliphatic imine (C=N–C) groups is 1. The molecule has 6 heteroatoms. The quantitative estimate of drug-likeness (QED) is 0.402. The highest BCUT2D eigenvalue weighted by Gasteiger charge is 2.06. The zero-order chi connectivity index (χ0) is 19.1. The van der Waals surface area contributed by atoms with E-state index < -0.39 is 0 Å². The second-order valence-electron chi connectivity index (χ2n) is 6.32. The maximum atomic E-state index is 8.98. The third kappa shape index (κ3) is 4.64. The molecule has 0 saturated heterocycles. The molecule has 0 unspecified atom stereocenters. The van der Waals surface area contributed by atoms with Gasteiger partial charge >= 0.3 is 0 Å². The molecular formula is C21H24N6. The molecule has 3 aromatic rings. The molecule has 27 heavy (non-hydrogen) atoms. The molecule has 0 aliphatic rings. The molecule has 0 saturated carbocycles. The van der Waals surface area contributed by atoms with Gasteiger partial charge in [0.05, 0.1) is 22.7 Å².